The molecule has 1 aliphatic heterocycles. The van der Waals surface area contributed by atoms with Crippen molar-refractivity contribution in [3.8, 4) is 0 Å². The molecule has 126 valence electrons. The van der Waals surface area contributed by atoms with Crippen molar-refractivity contribution >= 4 is 17.0 Å². The van der Waals surface area contributed by atoms with Gasteiger partial charge in [0.05, 0.1) is 7.11 Å². The molecular weight excluding hydrogens is 302 g/mol. The van der Waals surface area contributed by atoms with Gasteiger partial charge < -0.3 is 4.74 Å². The van der Waals surface area contributed by atoms with E-state index >= 15 is 0 Å². The van der Waals surface area contributed by atoms with Crippen molar-refractivity contribution in [3.05, 3.63) is 48.3 Å². The average Bonchev–Trinajstić information content (AvgIpc) is 3.07. The molecule has 2 aromatic rings. The van der Waals surface area contributed by atoms with Crippen LogP contribution in [0.25, 0.3) is 11.0 Å². The Hall–Kier alpha value is -2.27. The van der Waals surface area contributed by atoms with Gasteiger partial charge in [-0.3, -0.25) is 4.90 Å². The third kappa shape index (κ3) is 4.38. The molecule has 2 aromatic heterocycles. The summed E-state index contributed by atoms with van der Waals surface area (Å²) in [5, 5.41) is 1.09. The Bertz CT molecular complexity index is 729. The van der Waals surface area contributed by atoms with Crippen LogP contribution in [0.5, 0.6) is 0 Å². The molecule has 0 amide bonds. The lowest BCUT2D eigenvalue weighted by atomic mass is 10.0. The lowest BCUT2D eigenvalue weighted by Crippen LogP contribution is -2.21. The highest BCUT2D eigenvalue weighted by atomic mass is 16.5. The van der Waals surface area contributed by atoms with Gasteiger partial charge in [-0.25, -0.2) is 14.8 Å². The number of aryl methyl sites for hydroxylation is 1. The van der Waals surface area contributed by atoms with E-state index in [4.69, 9.17) is 0 Å². The summed E-state index contributed by atoms with van der Waals surface area (Å²) in [7, 11) is 1.40. The summed E-state index contributed by atoms with van der Waals surface area (Å²) in [5.41, 5.74) is 1.95. The van der Waals surface area contributed by atoms with E-state index < -0.39 is 0 Å². The Morgan fingerprint density at radius 3 is 3.21 bits per heavy atom. The van der Waals surface area contributed by atoms with Crippen LogP contribution in [0.15, 0.2) is 42.6 Å². The fraction of sp³-hybridized carbons (Fsp3) is 0.421. The molecule has 0 unspecified atom stereocenters. The lowest BCUT2D eigenvalue weighted by Gasteiger charge is -2.13. The summed E-state index contributed by atoms with van der Waals surface area (Å²) < 4.78 is 4.60. The minimum atomic E-state index is -0.290. The number of nitrogens with zero attached hydrogens (tertiary/aromatic N) is 3. The van der Waals surface area contributed by atoms with Crippen LogP contribution in [-0.2, 0) is 16.0 Å². The topological polar surface area (TPSA) is 55.3 Å². The number of aromatic nitrogens is 2. The Balaban J connectivity index is 1.47. The molecule has 3 heterocycles. The van der Waals surface area contributed by atoms with Crippen LogP contribution in [0.3, 0.4) is 0 Å². The predicted octanol–water partition coefficient (Wildman–Crippen LogP) is 2.61. The Morgan fingerprint density at radius 2 is 2.33 bits per heavy atom. The molecule has 1 saturated heterocycles. The third-order valence-electron chi connectivity index (χ3n) is 4.52. The standard InChI is InChI=1S/C19H23N3O2/c1-24-18(23)5-3-12-22-13-10-15(14-22)6-8-17-9-7-16-4-2-11-20-19(16)21-17/h2-5,7,9,11,15H,6,8,10,12-14H2,1H3/t15-/m1/s1. The van der Waals surface area contributed by atoms with Crippen molar-refractivity contribution in [1.82, 2.24) is 14.9 Å². The summed E-state index contributed by atoms with van der Waals surface area (Å²) in [6, 6.07) is 8.18. The quantitative estimate of drug-likeness (QED) is 0.603. The first-order valence-electron chi connectivity index (χ1n) is 8.42. The van der Waals surface area contributed by atoms with Crippen LogP contribution >= 0.6 is 0 Å². The molecule has 0 spiro atoms. The average molecular weight is 325 g/mol. The lowest BCUT2D eigenvalue weighted by molar-refractivity contribution is -0.134. The number of ether oxygens (including phenoxy) is 1. The van der Waals surface area contributed by atoms with Crippen LogP contribution in [0.4, 0.5) is 0 Å². The molecule has 5 nitrogen and oxygen atoms in total. The normalized spacial score (nSPS) is 18.5. The molecule has 0 saturated carbocycles. The van der Waals surface area contributed by atoms with Crippen LogP contribution in [-0.4, -0.2) is 47.6 Å². The fourth-order valence-electron chi connectivity index (χ4n) is 3.16. The predicted molar refractivity (Wildman–Crippen MR) is 93.6 cm³/mol. The van der Waals surface area contributed by atoms with Crippen LogP contribution in [0.1, 0.15) is 18.5 Å². The second kappa shape index (κ2) is 8.02. The summed E-state index contributed by atoms with van der Waals surface area (Å²) in [4.78, 5) is 22.4. The smallest absolute Gasteiger partial charge is 0.330 e. The second-order valence-electron chi connectivity index (χ2n) is 6.23. The summed E-state index contributed by atoms with van der Waals surface area (Å²) in [5.74, 6) is 0.402. The molecule has 1 aliphatic rings. The van der Waals surface area contributed by atoms with E-state index in [0.717, 1.165) is 49.2 Å². The molecule has 0 bridgehead atoms. The van der Waals surface area contributed by atoms with Gasteiger partial charge in [0.15, 0.2) is 5.65 Å². The number of fused-ring (bicyclic) bond motifs is 1. The number of likely N-dealkylation sites (tertiary alicyclic amines) is 1. The molecule has 0 N–H and O–H groups in total. The SMILES string of the molecule is COC(=O)C=CCN1CC[C@@H](CCc2ccc3cccnc3n2)C1. The zero-order valence-corrected chi connectivity index (χ0v) is 14.0. The maximum Gasteiger partial charge on any atom is 0.330 e. The molecule has 1 atom stereocenters. The maximum atomic E-state index is 11.1. The first kappa shape index (κ1) is 16.6. The largest absolute Gasteiger partial charge is 0.466 e. The van der Waals surface area contributed by atoms with Crippen molar-refractivity contribution in [1.29, 1.82) is 0 Å². The van der Waals surface area contributed by atoms with Crippen LogP contribution < -0.4 is 0 Å². The second-order valence-corrected chi connectivity index (χ2v) is 6.23. The Kier molecular flexibility index (Phi) is 5.54. The van der Waals surface area contributed by atoms with Crippen LogP contribution in [0, 0.1) is 5.92 Å². The highest BCUT2D eigenvalue weighted by Crippen LogP contribution is 2.21. The number of methoxy groups -OCH3 is 1. The van der Waals surface area contributed by atoms with E-state index in [-0.39, 0.29) is 5.97 Å². The molecule has 24 heavy (non-hydrogen) atoms. The van der Waals surface area contributed by atoms with E-state index in [1.807, 2.05) is 18.2 Å². The van der Waals surface area contributed by atoms with Gasteiger partial charge in [0, 0.05) is 36.4 Å². The van der Waals surface area contributed by atoms with Crippen molar-refractivity contribution in [3.63, 3.8) is 0 Å². The van der Waals surface area contributed by atoms with Crippen LogP contribution in [0.2, 0.25) is 0 Å². The number of pyridine rings is 2. The third-order valence-corrected chi connectivity index (χ3v) is 4.52. The number of hydrogen-bond acceptors (Lipinski definition) is 5. The zero-order valence-electron chi connectivity index (χ0n) is 14.0. The Labute approximate surface area is 142 Å². The molecule has 0 aliphatic carbocycles. The maximum absolute atomic E-state index is 11.1. The zero-order chi connectivity index (χ0) is 16.8. The van der Waals surface area contributed by atoms with E-state index in [1.165, 1.54) is 19.6 Å². The molecule has 0 aromatic carbocycles. The molecule has 0 radical (unpaired) electrons. The fourth-order valence-corrected chi connectivity index (χ4v) is 3.16. The number of rotatable bonds is 6. The first-order chi connectivity index (χ1) is 11.7. The minimum Gasteiger partial charge on any atom is -0.466 e. The van der Waals surface area contributed by atoms with Gasteiger partial charge in [-0.05, 0) is 56.0 Å². The van der Waals surface area contributed by atoms with Gasteiger partial charge in [0.25, 0.3) is 0 Å². The number of carbonyl (C=O) groups is 1. The van der Waals surface area contributed by atoms with Gasteiger partial charge in [-0.1, -0.05) is 6.08 Å². The first-order valence-corrected chi connectivity index (χ1v) is 8.42. The highest BCUT2D eigenvalue weighted by molar-refractivity contribution is 5.81. The number of hydrogen-bond donors (Lipinski definition) is 0. The van der Waals surface area contributed by atoms with Gasteiger partial charge in [0.2, 0.25) is 0 Å². The van der Waals surface area contributed by atoms with E-state index in [9.17, 15) is 4.79 Å². The highest BCUT2D eigenvalue weighted by Gasteiger charge is 2.21. The van der Waals surface area contributed by atoms with Gasteiger partial charge in [0.1, 0.15) is 0 Å². The van der Waals surface area contributed by atoms with Crippen molar-refractivity contribution in [2.24, 2.45) is 5.92 Å². The number of esters is 1. The van der Waals surface area contributed by atoms with Crippen molar-refractivity contribution in [2.45, 2.75) is 19.3 Å². The molecular formula is C19H23N3O2. The van der Waals surface area contributed by atoms with E-state index in [0.29, 0.717) is 5.92 Å². The van der Waals surface area contributed by atoms with Crippen molar-refractivity contribution < 1.29 is 9.53 Å². The van der Waals surface area contributed by atoms with Gasteiger partial charge in [-0.15, -0.1) is 0 Å². The summed E-state index contributed by atoms with van der Waals surface area (Å²) in [6.07, 6.45) is 8.50. The summed E-state index contributed by atoms with van der Waals surface area (Å²) >= 11 is 0. The van der Waals surface area contributed by atoms with Gasteiger partial charge >= 0.3 is 5.97 Å². The summed E-state index contributed by atoms with van der Waals surface area (Å²) in [6.45, 7) is 2.98. The number of carbonyl (C=O) groups excluding carboxylic acids is 1. The van der Waals surface area contributed by atoms with E-state index in [1.54, 1.807) is 6.20 Å². The molecule has 5 heteroatoms. The van der Waals surface area contributed by atoms with E-state index in [2.05, 4.69) is 31.7 Å². The molecule has 3 rings (SSSR count). The Morgan fingerprint density at radius 1 is 1.42 bits per heavy atom. The van der Waals surface area contributed by atoms with Gasteiger partial charge in [-0.2, -0.15) is 0 Å². The monoisotopic (exact) mass is 325 g/mol. The van der Waals surface area contributed by atoms with Crippen molar-refractivity contribution in [2.75, 3.05) is 26.7 Å². The molecule has 1 fully saturated rings. The minimum absolute atomic E-state index is 0.290.